The van der Waals surface area contributed by atoms with Crippen molar-refractivity contribution < 1.29 is 105 Å². The zero-order valence-electron chi connectivity index (χ0n) is 37.9. The summed E-state index contributed by atoms with van der Waals surface area (Å²) < 4.78 is 236. The molecule has 0 unspecified atom stereocenters. The van der Waals surface area contributed by atoms with E-state index in [9.17, 15) is 52.7 Å². The Kier molecular flexibility index (Phi) is 27.0. The van der Waals surface area contributed by atoms with Gasteiger partial charge in [0.1, 0.15) is 0 Å². The van der Waals surface area contributed by atoms with Gasteiger partial charge >= 0.3 is 22.0 Å². The largest absolute Gasteiger partial charge is 0.741 e. The Hall–Kier alpha value is -3.67. The van der Waals surface area contributed by atoms with E-state index in [1.807, 2.05) is 73.3 Å². The quantitative estimate of drug-likeness (QED) is 0.0987. The summed E-state index contributed by atoms with van der Waals surface area (Å²) in [6.07, 6.45) is 7.37. The number of nitrogens with zero attached hydrogens (tertiary/aromatic N) is 4. The maximum Gasteiger partial charge on any atom is 0.485 e. The fourth-order valence-electron chi connectivity index (χ4n) is 5.98. The van der Waals surface area contributed by atoms with E-state index in [-0.39, 0.29) is 57.3 Å². The minimum Gasteiger partial charge on any atom is -0.741 e. The summed E-state index contributed by atoms with van der Waals surface area (Å²) in [6.45, 7) is 12.4. The minimum absolute atomic E-state index is 0. The number of aromatic nitrogens is 4. The van der Waals surface area contributed by atoms with Gasteiger partial charge in [-0.3, -0.25) is 19.9 Å². The summed E-state index contributed by atoms with van der Waals surface area (Å²) in [5, 5.41) is 14.5. The summed E-state index contributed by atoms with van der Waals surface area (Å²) in [5.41, 5.74) is -19.7. The van der Waals surface area contributed by atoms with Crippen LogP contribution in [0.5, 0.6) is 0 Å². The van der Waals surface area contributed by atoms with Crippen LogP contribution in [-0.2, 0) is 62.6 Å². The van der Waals surface area contributed by atoms with Crippen molar-refractivity contribution in [3.8, 4) is 0 Å². The molecule has 38 heteroatoms. The van der Waals surface area contributed by atoms with Crippen LogP contribution in [0.15, 0.2) is 97.6 Å². The van der Waals surface area contributed by atoms with Gasteiger partial charge in [-0.15, -0.1) is 0 Å². The van der Waals surface area contributed by atoms with Crippen molar-refractivity contribution in [2.45, 2.75) is 71.9 Å². The van der Waals surface area contributed by atoms with Crippen LogP contribution in [0.4, 0.5) is 52.7 Å². The molecule has 2 aliphatic heterocycles. The van der Waals surface area contributed by atoms with E-state index in [0.717, 1.165) is 49.0 Å². The van der Waals surface area contributed by atoms with Crippen molar-refractivity contribution in [2.75, 3.05) is 26.2 Å². The van der Waals surface area contributed by atoms with Crippen LogP contribution in [0.1, 0.15) is 50.5 Å². The van der Waals surface area contributed by atoms with Gasteiger partial charge in [-0.2, -0.15) is 52.7 Å². The number of pyridine rings is 4. The number of rotatable bonds is 4. The van der Waals surface area contributed by atoms with Gasteiger partial charge in [0.25, 0.3) is 0 Å². The van der Waals surface area contributed by atoms with Crippen LogP contribution in [0.2, 0.25) is 0 Å². The molecule has 416 valence electrons. The van der Waals surface area contributed by atoms with E-state index in [4.69, 9.17) is 51.9 Å². The van der Waals surface area contributed by atoms with E-state index >= 15 is 0 Å². The molecule has 0 amide bonds. The van der Waals surface area contributed by atoms with Gasteiger partial charge < -0.3 is 39.5 Å². The number of nitrogens with one attached hydrogen (secondary N) is 4. The number of hydrogen-bond donors (Lipinski definition) is 4. The molecule has 2 aliphatic rings. The molecule has 0 spiro atoms. The van der Waals surface area contributed by atoms with E-state index in [1.54, 1.807) is 0 Å². The van der Waals surface area contributed by atoms with Crippen LogP contribution in [0, 0.1) is 0 Å². The third-order valence-corrected chi connectivity index (χ3v) is 12.3. The predicted octanol–water partition coefficient (Wildman–Crippen LogP) is 3.04. The van der Waals surface area contributed by atoms with E-state index in [0.29, 0.717) is 0 Å². The molecule has 0 saturated carbocycles. The standard InChI is InChI=1S/2C16H20N4.4CHF3O3S.2Ge/c2*1-15(13-7-3-5-9-17-13)16(2,20-12-11-19-15)14-8-4-6-10-18-14;4*2-1(3,4)8(5,6)7;;/h2*3-10,19-20H,11-12H2,1-2H3;4*(H,5,6,7);;/p-4/t2*15-,16+;;;;;;. The first-order chi connectivity index (χ1) is 32.3. The van der Waals surface area contributed by atoms with Gasteiger partial charge in [0.15, 0.2) is 40.5 Å². The fraction of sp³-hybridized carbons (Fsp3) is 0.444. The Morgan fingerprint density at radius 1 is 0.365 bits per heavy atom. The van der Waals surface area contributed by atoms with Crippen molar-refractivity contribution in [3.63, 3.8) is 0 Å². The van der Waals surface area contributed by atoms with Crippen molar-refractivity contribution >= 4 is 75.7 Å². The van der Waals surface area contributed by atoms with Crippen molar-refractivity contribution in [1.82, 2.24) is 41.2 Å². The van der Waals surface area contributed by atoms with Gasteiger partial charge in [0.2, 0.25) is 0 Å². The normalized spacial score (nSPS) is 22.3. The molecular formula is C36H40F12Ge2N8O12S4-4. The zero-order valence-corrected chi connectivity index (χ0v) is 45.4. The molecule has 6 rings (SSSR count). The Morgan fingerprint density at radius 3 is 0.595 bits per heavy atom. The summed E-state index contributed by atoms with van der Waals surface area (Å²) in [7, 11) is -24.4. The van der Waals surface area contributed by atoms with Gasteiger partial charge in [0, 0.05) is 86.2 Å². The molecular weight excluding hydrogens is 1240 g/mol. The SMILES string of the molecule is C[C@@]1(c2ccccn2)NCCN[C@]1(C)c1ccccn1.C[C@@]1(c2ccccn2)NCCN[C@]1(C)c1ccccn1.O=S(=O)([O-])C(F)(F)F.O=S(=O)([O-])C(F)(F)F.O=S(=O)([O-])C(F)(F)F.O=S(=O)([O-])C(F)(F)F.[Ge].[Ge]. The maximum absolute atomic E-state index is 10.7. The molecule has 0 bridgehead atoms. The van der Waals surface area contributed by atoms with E-state index < -0.39 is 62.5 Å². The molecule has 0 aromatic carbocycles. The first kappa shape index (κ1) is 72.4. The smallest absolute Gasteiger partial charge is 0.485 e. The molecule has 4 aromatic heterocycles. The van der Waals surface area contributed by atoms with Crippen LogP contribution in [0.25, 0.3) is 0 Å². The number of halogens is 12. The summed E-state index contributed by atoms with van der Waals surface area (Å²) in [6, 6.07) is 24.2. The zero-order chi connectivity index (χ0) is 56.1. The van der Waals surface area contributed by atoms with Crippen LogP contribution in [-0.4, -0.2) is 155 Å². The number of piperazine rings is 2. The monoisotopic (exact) mass is 1280 g/mol. The maximum atomic E-state index is 10.7. The Morgan fingerprint density at radius 2 is 0.500 bits per heavy atom. The van der Waals surface area contributed by atoms with Crippen LogP contribution < -0.4 is 21.3 Å². The Labute approximate surface area is 437 Å². The van der Waals surface area contributed by atoms with Crippen molar-refractivity contribution in [2.24, 2.45) is 0 Å². The first-order valence-corrected chi connectivity index (χ1v) is 24.7. The van der Waals surface area contributed by atoms with E-state index in [1.165, 1.54) is 0 Å². The molecule has 74 heavy (non-hydrogen) atoms. The second kappa shape index (κ2) is 27.6. The molecule has 4 atom stereocenters. The predicted molar refractivity (Wildman–Crippen MR) is 233 cm³/mol. The molecule has 4 aromatic rings. The molecule has 20 nitrogen and oxygen atoms in total. The fourth-order valence-corrected chi connectivity index (χ4v) is 5.98. The van der Waals surface area contributed by atoms with Crippen molar-refractivity contribution in [3.05, 3.63) is 120 Å². The summed E-state index contributed by atoms with van der Waals surface area (Å²) in [5.74, 6) is 0. The van der Waals surface area contributed by atoms with Gasteiger partial charge in [-0.25, -0.2) is 33.7 Å². The van der Waals surface area contributed by atoms with Crippen molar-refractivity contribution in [1.29, 1.82) is 0 Å². The molecule has 2 fully saturated rings. The topological polar surface area (TPSA) is 328 Å². The van der Waals surface area contributed by atoms with Gasteiger partial charge in [0.05, 0.1) is 44.9 Å². The molecule has 4 N–H and O–H groups in total. The molecule has 2 saturated heterocycles. The average molecular weight is 1280 g/mol. The van der Waals surface area contributed by atoms with Crippen LogP contribution in [0.3, 0.4) is 0 Å². The molecule has 8 radical (unpaired) electrons. The van der Waals surface area contributed by atoms with Gasteiger partial charge in [-0.1, -0.05) is 24.3 Å². The second-order valence-electron chi connectivity index (χ2n) is 14.7. The van der Waals surface area contributed by atoms with E-state index in [2.05, 4.69) is 93.2 Å². The third kappa shape index (κ3) is 20.0. The summed E-state index contributed by atoms with van der Waals surface area (Å²) >= 11 is 0. The summed E-state index contributed by atoms with van der Waals surface area (Å²) in [4.78, 5) is 18.3. The molecule has 6 heterocycles. The number of alkyl halides is 12. The molecule has 0 aliphatic carbocycles. The Bertz CT molecular complexity index is 2410. The van der Waals surface area contributed by atoms with Gasteiger partial charge in [-0.05, 0) is 76.2 Å². The Balaban J connectivity index is 0. The average Bonchev–Trinajstić information content (AvgIpc) is 3.25. The van der Waals surface area contributed by atoms with Crippen LogP contribution >= 0.6 is 0 Å². The number of hydrogen-bond acceptors (Lipinski definition) is 20. The minimum atomic E-state index is -6.09. The first-order valence-electron chi connectivity index (χ1n) is 19.1. The third-order valence-electron chi connectivity index (χ3n) is 10.0. The second-order valence-corrected chi connectivity index (χ2v) is 20.2.